The maximum Gasteiger partial charge on any atom is 0.311 e. The summed E-state index contributed by atoms with van der Waals surface area (Å²) < 4.78 is 0. The van der Waals surface area contributed by atoms with Crippen molar-refractivity contribution in [3.8, 4) is 0 Å². The SMILES string of the molecule is CC(C)c1ccc([C@H](CC(=O)c2ccc(Cl)cc2)C(=O)O)cc1. The van der Waals surface area contributed by atoms with Crippen LogP contribution in [-0.2, 0) is 4.79 Å². The number of carboxylic acids is 1. The van der Waals surface area contributed by atoms with Crippen LogP contribution in [0.3, 0.4) is 0 Å². The van der Waals surface area contributed by atoms with E-state index in [-0.39, 0.29) is 12.2 Å². The van der Waals surface area contributed by atoms with Crippen molar-refractivity contribution >= 4 is 23.4 Å². The van der Waals surface area contributed by atoms with Gasteiger partial charge in [0.15, 0.2) is 5.78 Å². The molecule has 1 N–H and O–H groups in total. The van der Waals surface area contributed by atoms with Crippen molar-refractivity contribution in [3.63, 3.8) is 0 Å². The van der Waals surface area contributed by atoms with E-state index in [2.05, 4.69) is 13.8 Å². The molecule has 0 aliphatic carbocycles. The first kappa shape index (κ1) is 17.2. The molecule has 0 aromatic heterocycles. The van der Waals surface area contributed by atoms with E-state index < -0.39 is 11.9 Å². The zero-order valence-electron chi connectivity index (χ0n) is 13.1. The molecule has 0 saturated heterocycles. The third-order valence-corrected chi connectivity index (χ3v) is 4.11. The van der Waals surface area contributed by atoms with Crippen LogP contribution < -0.4 is 0 Å². The van der Waals surface area contributed by atoms with Gasteiger partial charge in [0, 0.05) is 17.0 Å². The third kappa shape index (κ3) is 4.42. The molecule has 0 spiro atoms. The molecule has 0 aliphatic heterocycles. The molecule has 0 saturated carbocycles. The first-order valence-electron chi connectivity index (χ1n) is 7.50. The van der Waals surface area contributed by atoms with E-state index in [1.165, 1.54) is 0 Å². The van der Waals surface area contributed by atoms with Crippen molar-refractivity contribution in [2.75, 3.05) is 0 Å². The van der Waals surface area contributed by atoms with Crippen LogP contribution in [0.25, 0.3) is 0 Å². The monoisotopic (exact) mass is 330 g/mol. The van der Waals surface area contributed by atoms with Gasteiger partial charge in [0.1, 0.15) is 0 Å². The summed E-state index contributed by atoms with van der Waals surface area (Å²) in [6.45, 7) is 4.15. The molecule has 2 aromatic carbocycles. The highest BCUT2D eigenvalue weighted by molar-refractivity contribution is 6.30. The Morgan fingerprint density at radius 3 is 1.96 bits per heavy atom. The van der Waals surface area contributed by atoms with Gasteiger partial charge in [-0.1, -0.05) is 49.7 Å². The van der Waals surface area contributed by atoms with Crippen LogP contribution in [-0.4, -0.2) is 16.9 Å². The molecule has 2 aromatic rings. The number of rotatable bonds is 6. The van der Waals surface area contributed by atoms with Crippen LogP contribution in [0, 0.1) is 0 Å². The summed E-state index contributed by atoms with van der Waals surface area (Å²) in [6.07, 6.45) is -0.0714. The molecule has 0 fully saturated rings. The maximum absolute atomic E-state index is 12.3. The van der Waals surface area contributed by atoms with Gasteiger partial charge in [0.05, 0.1) is 5.92 Å². The second kappa shape index (κ2) is 7.42. The van der Waals surface area contributed by atoms with E-state index in [9.17, 15) is 14.7 Å². The fourth-order valence-corrected chi connectivity index (χ4v) is 2.53. The number of carbonyl (C=O) groups excluding carboxylic acids is 1. The predicted molar refractivity (Wildman–Crippen MR) is 91.3 cm³/mol. The van der Waals surface area contributed by atoms with Crippen molar-refractivity contribution in [2.24, 2.45) is 0 Å². The standard InChI is InChI=1S/C19H19ClO3/c1-12(2)13-3-5-14(6-4-13)17(19(22)23)11-18(21)15-7-9-16(20)10-8-15/h3-10,12,17H,11H2,1-2H3,(H,22,23)/t17-/m0/s1. The number of carbonyl (C=O) groups is 2. The van der Waals surface area contributed by atoms with Crippen molar-refractivity contribution < 1.29 is 14.7 Å². The number of hydrogen-bond donors (Lipinski definition) is 1. The van der Waals surface area contributed by atoms with Gasteiger partial charge in [-0.3, -0.25) is 9.59 Å². The summed E-state index contributed by atoms with van der Waals surface area (Å²) in [7, 11) is 0. The van der Waals surface area contributed by atoms with Gasteiger partial charge in [-0.05, 0) is 41.3 Å². The highest BCUT2D eigenvalue weighted by atomic mass is 35.5. The van der Waals surface area contributed by atoms with Gasteiger partial charge in [0.2, 0.25) is 0 Å². The number of hydrogen-bond acceptors (Lipinski definition) is 2. The van der Waals surface area contributed by atoms with Gasteiger partial charge >= 0.3 is 5.97 Å². The van der Waals surface area contributed by atoms with Gasteiger partial charge in [0.25, 0.3) is 0 Å². The average Bonchev–Trinajstić information content (AvgIpc) is 2.53. The van der Waals surface area contributed by atoms with E-state index >= 15 is 0 Å². The average molecular weight is 331 g/mol. The predicted octanol–water partition coefficient (Wildman–Crippen LogP) is 4.90. The van der Waals surface area contributed by atoms with E-state index in [1.54, 1.807) is 36.4 Å². The van der Waals surface area contributed by atoms with Gasteiger partial charge in [-0.25, -0.2) is 0 Å². The number of carboxylic acid groups (broad SMARTS) is 1. The first-order valence-corrected chi connectivity index (χ1v) is 7.87. The Labute approximate surface area is 140 Å². The van der Waals surface area contributed by atoms with Crippen LogP contribution in [0.4, 0.5) is 0 Å². The molecular weight excluding hydrogens is 312 g/mol. The third-order valence-electron chi connectivity index (χ3n) is 3.86. The van der Waals surface area contributed by atoms with E-state index in [0.717, 1.165) is 5.56 Å². The Morgan fingerprint density at radius 1 is 0.957 bits per heavy atom. The molecular formula is C19H19ClO3. The molecule has 0 heterocycles. The smallest absolute Gasteiger partial charge is 0.311 e. The molecule has 2 rings (SSSR count). The van der Waals surface area contributed by atoms with Crippen molar-refractivity contribution in [2.45, 2.75) is 32.1 Å². The lowest BCUT2D eigenvalue weighted by Gasteiger charge is -2.14. The molecule has 1 atom stereocenters. The fourth-order valence-electron chi connectivity index (χ4n) is 2.40. The highest BCUT2D eigenvalue weighted by Crippen LogP contribution is 2.25. The van der Waals surface area contributed by atoms with Crippen LogP contribution in [0.5, 0.6) is 0 Å². The van der Waals surface area contributed by atoms with Gasteiger partial charge in [-0.15, -0.1) is 0 Å². The molecule has 0 unspecified atom stereocenters. The zero-order chi connectivity index (χ0) is 17.0. The molecule has 0 amide bonds. The van der Waals surface area contributed by atoms with Crippen LogP contribution in [0.15, 0.2) is 48.5 Å². The summed E-state index contributed by atoms with van der Waals surface area (Å²) in [5, 5.41) is 10.0. The number of aliphatic carboxylic acids is 1. The minimum Gasteiger partial charge on any atom is -0.481 e. The quantitative estimate of drug-likeness (QED) is 0.766. The summed E-state index contributed by atoms with van der Waals surface area (Å²) in [5.41, 5.74) is 2.26. The summed E-state index contributed by atoms with van der Waals surface area (Å²) in [6, 6.07) is 13.9. The van der Waals surface area contributed by atoms with E-state index in [4.69, 9.17) is 11.6 Å². The number of benzene rings is 2. The Hall–Kier alpha value is -2.13. The number of Topliss-reactive ketones (excluding diaryl/α,β-unsaturated/α-hetero) is 1. The van der Waals surface area contributed by atoms with Crippen molar-refractivity contribution in [1.82, 2.24) is 0 Å². The van der Waals surface area contributed by atoms with Crippen molar-refractivity contribution in [3.05, 3.63) is 70.2 Å². The molecule has 0 bridgehead atoms. The number of halogens is 1. The van der Waals surface area contributed by atoms with E-state index in [1.807, 2.05) is 12.1 Å². The molecule has 0 radical (unpaired) electrons. The second-order valence-corrected chi connectivity index (χ2v) is 6.28. The Kier molecular flexibility index (Phi) is 5.56. The second-order valence-electron chi connectivity index (χ2n) is 5.85. The Bertz CT molecular complexity index is 688. The molecule has 23 heavy (non-hydrogen) atoms. The number of ketones is 1. The summed E-state index contributed by atoms with van der Waals surface area (Å²) in [4.78, 5) is 23.9. The maximum atomic E-state index is 12.3. The molecule has 0 aliphatic rings. The van der Waals surface area contributed by atoms with Crippen molar-refractivity contribution in [1.29, 1.82) is 0 Å². The lowest BCUT2D eigenvalue weighted by molar-refractivity contribution is -0.138. The molecule has 120 valence electrons. The van der Waals surface area contributed by atoms with Crippen LogP contribution in [0.2, 0.25) is 5.02 Å². The molecule has 3 nitrogen and oxygen atoms in total. The summed E-state index contributed by atoms with van der Waals surface area (Å²) in [5.74, 6) is -1.67. The largest absolute Gasteiger partial charge is 0.481 e. The van der Waals surface area contributed by atoms with E-state index in [0.29, 0.717) is 22.1 Å². The Morgan fingerprint density at radius 2 is 1.48 bits per heavy atom. The van der Waals surface area contributed by atoms with Crippen LogP contribution >= 0.6 is 11.6 Å². The summed E-state index contributed by atoms with van der Waals surface area (Å²) >= 11 is 5.80. The zero-order valence-corrected chi connectivity index (χ0v) is 13.9. The lowest BCUT2D eigenvalue weighted by atomic mass is 9.90. The minimum atomic E-state index is -0.996. The van der Waals surface area contributed by atoms with Gasteiger partial charge in [-0.2, -0.15) is 0 Å². The molecule has 4 heteroatoms. The Balaban J connectivity index is 2.20. The first-order chi connectivity index (χ1) is 10.9. The topological polar surface area (TPSA) is 54.4 Å². The fraction of sp³-hybridized carbons (Fsp3) is 0.263. The van der Waals surface area contributed by atoms with Crippen LogP contribution in [0.1, 0.15) is 53.6 Å². The highest BCUT2D eigenvalue weighted by Gasteiger charge is 2.24. The minimum absolute atomic E-state index is 0.0714. The normalized spacial score (nSPS) is 12.2. The lowest BCUT2D eigenvalue weighted by Crippen LogP contribution is -2.16. The van der Waals surface area contributed by atoms with Gasteiger partial charge < -0.3 is 5.11 Å².